The molecule has 42 heavy (non-hydrogen) atoms. The number of hydrogen-bond acceptors (Lipinski definition) is 0. The first kappa shape index (κ1) is 28.6. The number of benzene rings is 5. The summed E-state index contributed by atoms with van der Waals surface area (Å²) in [6, 6.07) is 45.6. The van der Waals surface area contributed by atoms with E-state index in [0.717, 1.165) is 16.8 Å². The number of hydrogen-bond donors (Lipinski definition) is 0. The van der Waals surface area contributed by atoms with Crippen LogP contribution in [0.15, 0.2) is 139 Å². The minimum Gasteiger partial charge on any atom is -0.143 e. The first-order valence-corrected chi connectivity index (χ1v) is 15.0. The van der Waals surface area contributed by atoms with Gasteiger partial charge in [-0.05, 0) is 57.0 Å². The third-order valence-corrected chi connectivity index (χ3v) is 9.25. The van der Waals surface area contributed by atoms with E-state index in [-0.39, 0.29) is 26.2 Å². The first-order chi connectivity index (χ1) is 20.1. The Labute approximate surface area is 274 Å². The Morgan fingerprint density at radius 3 is 1.52 bits per heavy atom. The minimum atomic E-state index is 0. The van der Waals surface area contributed by atoms with E-state index < -0.39 is 0 Å². The van der Waals surface area contributed by atoms with Gasteiger partial charge in [-0.15, -0.1) is 27.6 Å². The van der Waals surface area contributed by atoms with Crippen molar-refractivity contribution in [3.05, 3.63) is 150 Å². The van der Waals surface area contributed by atoms with E-state index in [4.69, 9.17) is 0 Å². The summed E-state index contributed by atoms with van der Waals surface area (Å²) >= 11 is 0. The van der Waals surface area contributed by atoms with Gasteiger partial charge in [-0.25, -0.2) is 0 Å². The third-order valence-electron chi connectivity index (χ3n) is 8.23. The number of allylic oxidation sites excluding steroid dienone is 4. The van der Waals surface area contributed by atoms with Crippen LogP contribution in [-0.2, 0) is 26.2 Å². The Kier molecular flexibility index (Phi) is 8.19. The summed E-state index contributed by atoms with van der Waals surface area (Å²) in [5.74, 6) is 0. The van der Waals surface area contributed by atoms with Gasteiger partial charge in [-0.3, -0.25) is 0 Å². The minimum absolute atomic E-state index is 0. The monoisotopic (exact) mass is 641 g/mol. The zero-order valence-corrected chi connectivity index (χ0v) is 27.9. The molecule has 0 atom stereocenters. The van der Waals surface area contributed by atoms with Crippen molar-refractivity contribution in [2.24, 2.45) is 0 Å². The average Bonchev–Trinajstić information content (AvgIpc) is 3.58. The van der Waals surface area contributed by atoms with Gasteiger partial charge in [0.25, 0.3) is 0 Å². The fourth-order valence-corrected chi connectivity index (χ4v) is 7.54. The molecule has 0 saturated heterocycles. The quantitative estimate of drug-likeness (QED) is 0.131. The molecular weight excluding hydrogens is 616 g/mol. The topological polar surface area (TPSA) is 0 Å². The van der Waals surface area contributed by atoms with Crippen molar-refractivity contribution in [3.8, 4) is 33.4 Å². The summed E-state index contributed by atoms with van der Waals surface area (Å²) < 4.78 is 0. The van der Waals surface area contributed by atoms with Crippen LogP contribution < -0.4 is 10.4 Å². The molecule has 0 unspecified atom stereocenters. The second-order valence-corrected chi connectivity index (χ2v) is 11.6. The Hall–Kier alpha value is -3.49. The molecule has 0 saturated carbocycles. The van der Waals surface area contributed by atoms with E-state index in [1.54, 1.807) is 0 Å². The zero-order valence-electron chi connectivity index (χ0n) is 23.4. The van der Waals surface area contributed by atoms with Crippen LogP contribution in [0.4, 0.5) is 0 Å². The van der Waals surface area contributed by atoms with E-state index in [0.29, 0.717) is 0 Å². The SMILES string of the molecule is CC1=CCC(c2[cH-]c3c(-c4ccccc4)c(-c4ccccc4)c(-c4ccccc4)c([Si])c3c2[Si])=C1c1ccccc1.[Zr]. The number of rotatable bonds is 5. The van der Waals surface area contributed by atoms with Crippen molar-refractivity contribution >= 4 is 52.8 Å². The molecule has 0 heterocycles. The van der Waals surface area contributed by atoms with Crippen LogP contribution in [0.5, 0.6) is 0 Å². The first-order valence-electron chi connectivity index (χ1n) is 14.0. The summed E-state index contributed by atoms with van der Waals surface area (Å²) in [7, 11) is 8.43. The summed E-state index contributed by atoms with van der Waals surface area (Å²) in [4.78, 5) is 0. The Morgan fingerprint density at radius 2 is 1.00 bits per heavy atom. The van der Waals surface area contributed by atoms with Gasteiger partial charge >= 0.3 is 0 Å². The van der Waals surface area contributed by atoms with Crippen LogP contribution in [0.2, 0.25) is 0 Å². The van der Waals surface area contributed by atoms with Crippen molar-refractivity contribution < 1.29 is 26.2 Å². The maximum Gasteiger partial charge on any atom is 0.0605 e. The predicted molar refractivity (Wildman–Crippen MR) is 178 cm³/mol. The summed E-state index contributed by atoms with van der Waals surface area (Å²) in [6.07, 6.45) is 3.27. The van der Waals surface area contributed by atoms with Gasteiger partial charge in [-0.2, -0.15) is 0 Å². The fourth-order valence-electron chi connectivity index (χ4n) is 6.40. The number of fused-ring (bicyclic) bond motifs is 1. The van der Waals surface area contributed by atoms with Gasteiger partial charge in [0.15, 0.2) is 0 Å². The van der Waals surface area contributed by atoms with E-state index >= 15 is 0 Å². The molecule has 0 aliphatic heterocycles. The molecule has 1 aliphatic carbocycles. The second-order valence-electron chi connectivity index (χ2n) is 10.6. The van der Waals surface area contributed by atoms with Crippen molar-refractivity contribution in [3.63, 3.8) is 0 Å². The molecule has 6 aromatic rings. The van der Waals surface area contributed by atoms with Crippen molar-refractivity contribution in [2.45, 2.75) is 13.3 Å². The van der Waals surface area contributed by atoms with Crippen LogP contribution >= 0.6 is 0 Å². The van der Waals surface area contributed by atoms with Gasteiger partial charge in [0.2, 0.25) is 0 Å². The Bertz CT molecular complexity index is 1950. The van der Waals surface area contributed by atoms with Gasteiger partial charge < -0.3 is 0 Å². The van der Waals surface area contributed by atoms with Gasteiger partial charge in [-0.1, -0.05) is 155 Å². The molecule has 0 aromatic heterocycles. The van der Waals surface area contributed by atoms with E-state index in [1.165, 1.54) is 72.0 Å². The third kappa shape index (κ3) is 4.84. The van der Waals surface area contributed by atoms with Crippen LogP contribution in [0.3, 0.4) is 0 Å². The molecular formula is C39H27Si2Zr-. The van der Waals surface area contributed by atoms with Crippen molar-refractivity contribution in [1.82, 2.24) is 0 Å². The van der Waals surface area contributed by atoms with Crippen molar-refractivity contribution in [2.75, 3.05) is 0 Å². The van der Waals surface area contributed by atoms with Crippen LogP contribution in [0.1, 0.15) is 24.5 Å². The molecule has 6 aromatic carbocycles. The smallest absolute Gasteiger partial charge is 0.0605 e. The maximum absolute atomic E-state index is 4.23. The van der Waals surface area contributed by atoms with Crippen LogP contribution in [-0.4, -0.2) is 20.5 Å². The standard InChI is InChI=1S/C39H27Si2.Zr/c1-25-22-23-30(33(25)26-14-6-2-7-15-26)31-24-32-34(27-16-8-3-9-17-27)35(28-18-10-4-11-19-28)36(29-20-12-5-13-21-29)39(41)37(32)38(31)40;/h2-22,24H,23H2,1H3;/q-1;. The normalized spacial score (nSPS) is 12.9. The largest absolute Gasteiger partial charge is 0.143 e. The molecule has 3 heteroatoms. The van der Waals surface area contributed by atoms with E-state index in [2.05, 4.69) is 161 Å². The molecule has 1 aliphatic rings. The summed E-state index contributed by atoms with van der Waals surface area (Å²) in [5.41, 5.74) is 13.8. The second kappa shape index (κ2) is 12.0. The molecule has 0 bridgehead atoms. The Morgan fingerprint density at radius 1 is 0.548 bits per heavy atom. The van der Waals surface area contributed by atoms with E-state index in [9.17, 15) is 0 Å². The van der Waals surface area contributed by atoms with Crippen LogP contribution in [0, 0.1) is 0 Å². The Balaban J connectivity index is 0.00000316. The summed E-state index contributed by atoms with van der Waals surface area (Å²) in [6.45, 7) is 2.23. The van der Waals surface area contributed by atoms with Gasteiger partial charge in [0, 0.05) is 26.2 Å². The predicted octanol–water partition coefficient (Wildman–Crippen LogP) is 8.41. The molecule has 0 nitrogen and oxygen atoms in total. The maximum atomic E-state index is 4.23. The molecule has 196 valence electrons. The molecule has 0 spiro atoms. The zero-order chi connectivity index (χ0) is 27.9. The molecule has 6 radical (unpaired) electrons. The van der Waals surface area contributed by atoms with Crippen molar-refractivity contribution in [1.29, 1.82) is 0 Å². The molecule has 0 amide bonds. The van der Waals surface area contributed by atoms with Gasteiger partial charge in [0.05, 0.1) is 10.2 Å². The fraction of sp³-hybridized carbons (Fsp3) is 0.0513. The molecule has 7 rings (SSSR count). The average molecular weight is 643 g/mol. The summed E-state index contributed by atoms with van der Waals surface area (Å²) in [5, 5.41) is 4.68. The molecule has 0 N–H and O–H groups in total. The van der Waals surface area contributed by atoms with Crippen LogP contribution in [0.25, 0.3) is 55.3 Å². The van der Waals surface area contributed by atoms with Gasteiger partial charge in [0.1, 0.15) is 0 Å². The molecule has 0 fully saturated rings. The van der Waals surface area contributed by atoms with E-state index in [1.807, 2.05) is 0 Å².